The van der Waals surface area contributed by atoms with Crippen LogP contribution in [0.4, 0.5) is 4.39 Å². The van der Waals surface area contributed by atoms with Crippen LogP contribution in [0, 0.1) is 11.7 Å². The molecule has 0 saturated heterocycles. The lowest BCUT2D eigenvalue weighted by Gasteiger charge is -2.27. The van der Waals surface area contributed by atoms with Gasteiger partial charge in [0.1, 0.15) is 5.82 Å². The molecule has 3 heteroatoms. The van der Waals surface area contributed by atoms with Gasteiger partial charge in [0.15, 0.2) is 0 Å². The monoisotopic (exact) mass is 272 g/mol. The third-order valence-corrected chi connectivity index (χ3v) is 3.98. The van der Waals surface area contributed by atoms with Crippen molar-refractivity contribution in [2.45, 2.75) is 31.6 Å². The minimum atomic E-state index is -0.313. The molecule has 0 N–H and O–H groups in total. The Morgan fingerprint density at radius 1 is 1.18 bits per heavy atom. The summed E-state index contributed by atoms with van der Waals surface area (Å²) in [6.07, 6.45) is 6.48. The van der Waals surface area contributed by atoms with E-state index in [2.05, 4.69) is 6.08 Å². The molecule has 0 aromatic heterocycles. The van der Waals surface area contributed by atoms with Crippen molar-refractivity contribution in [2.24, 2.45) is 5.92 Å². The van der Waals surface area contributed by atoms with E-state index in [1.165, 1.54) is 0 Å². The topological polar surface area (TPSA) is 0 Å². The molecular weight excluding hydrogens is 258 g/mol. The van der Waals surface area contributed by atoms with Gasteiger partial charge in [-0.25, -0.2) is 4.39 Å². The van der Waals surface area contributed by atoms with Gasteiger partial charge < -0.3 is 0 Å². The van der Waals surface area contributed by atoms with Gasteiger partial charge in [-0.1, -0.05) is 35.3 Å². The quantitative estimate of drug-likeness (QED) is 0.666. The summed E-state index contributed by atoms with van der Waals surface area (Å²) in [6, 6.07) is 5.16. The highest BCUT2D eigenvalue weighted by atomic mass is 35.5. The molecule has 92 valence electrons. The molecule has 0 unspecified atom stereocenters. The van der Waals surface area contributed by atoms with E-state index < -0.39 is 0 Å². The third-order valence-electron chi connectivity index (χ3n) is 3.53. The Balaban J connectivity index is 2.02. The number of benzene rings is 1. The Kier molecular flexibility index (Phi) is 4.47. The normalized spacial score (nSPS) is 25.4. The van der Waals surface area contributed by atoms with Crippen LogP contribution in [0.1, 0.15) is 37.2 Å². The van der Waals surface area contributed by atoms with Crippen LogP contribution in [-0.4, -0.2) is 0 Å². The van der Waals surface area contributed by atoms with Crippen LogP contribution < -0.4 is 0 Å². The highest BCUT2D eigenvalue weighted by Gasteiger charge is 2.21. The molecule has 1 aliphatic rings. The van der Waals surface area contributed by atoms with Crippen LogP contribution in [-0.2, 0) is 0 Å². The maximum Gasteiger partial charge on any atom is 0.142 e. The summed E-state index contributed by atoms with van der Waals surface area (Å²) < 4.78 is 13.4. The highest BCUT2D eigenvalue weighted by molar-refractivity contribution is 6.30. The SMILES string of the molecule is Fc1cc(C2CCC(C=CCl)CC2)ccc1Cl. The molecule has 0 heterocycles. The Hall–Kier alpha value is -0.530. The second-order valence-electron chi connectivity index (χ2n) is 4.60. The molecule has 1 saturated carbocycles. The fourth-order valence-corrected chi connectivity index (χ4v) is 2.84. The third kappa shape index (κ3) is 3.23. The first-order chi connectivity index (χ1) is 8.20. The van der Waals surface area contributed by atoms with E-state index in [1.54, 1.807) is 17.7 Å². The minimum Gasteiger partial charge on any atom is -0.205 e. The molecule has 1 aliphatic carbocycles. The Morgan fingerprint density at radius 3 is 2.47 bits per heavy atom. The van der Waals surface area contributed by atoms with Crippen LogP contribution in [0.25, 0.3) is 0 Å². The molecule has 1 aromatic carbocycles. The second kappa shape index (κ2) is 5.88. The van der Waals surface area contributed by atoms with E-state index in [-0.39, 0.29) is 10.8 Å². The summed E-state index contributed by atoms with van der Waals surface area (Å²) >= 11 is 11.3. The standard InChI is InChI=1S/C14H15Cl2F/c15-8-7-10-1-3-11(4-2-10)12-5-6-13(16)14(17)9-12/h5-11H,1-4H2. The van der Waals surface area contributed by atoms with E-state index in [9.17, 15) is 4.39 Å². The summed E-state index contributed by atoms with van der Waals surface area (Å²) in [5.74, 6) is 0.731. The molecule has 17 heavy (non-hydrogen) atoms. The molecule has 1 fully saturated rings. The summed E-state index contributed by atoms with van der Waals surface area (Å²) in [7, 11) is 0. The van der Waals surface area contributed by atoms with E-state index in [4.69, 9.17) is 23.2 Å². The van der Waals surface area contributed by atoms with Crippen molar-refractivity contribution in [2.75, 3.05) is 0 Å². The molecule has 0 nitrogen and oxygen atoms in total. The summed E-state index contributed by atoms with van der Waals surface area (Å²) in [6.45, 7) is 0. The van der Waals surface area contributed by atoms with Crippen LogP contribution in [0.5, 0.6) is 0 Å². The highest BCUT2D eigenvalue weighted by Crippen LogP contribution is 2.37. The van der Waals surface area contributed by atoms with Crippen molar-refractivity contribution in [3.63, 3.8) is 0 Å². The van der Waals surface area contributed by atoms with E-state index in [0.29, 0.717) is 11.8 Å². The van der Waals surface area contributed by atoms with Gasteiger partial charge in [-0.15, -0.1) is 0 Å². The average molecular weight is 273 g/mol. The molecule has 0 amide bonds. The van der Waals surface area contributed by atoms with Gasteiger partial charge in [-0.05, 0) is 55.2 Å². The number of hydrogen-bond donors (Lipinski definition) is 0. The van der Waals surface area contributed by atoms with Crippen molar-refractivity contribution >= 4 is 23.2 Å². The second-order valence-corrected chi connectivity index (χ2v) is 5.26. The number of rotatable bonds is 2. The number of halogens is 3. The molecule has 0 bridgehead atoms. The molecule has 1 aromatic rings. The molecule has 0 aliphatic heterocycles. The molecule has 2 rings (SSSR count). The van der Waals surface area contributed by atoms with E-state index in [1.807, 2.05) is 6.07 Å². The Labute approximate surface area is 111 Å². The van der Waals surface area contributed by atoms with Crippen LogP contribution in [0.3, 0.4) is 0 Å². The zero-order valence-corrected chi connectivity index (χ0v) is 11.0. The van der Waals surface area contributed by atoms with Crippen molar-refractivity contribution in [1.29, 1.82) is 0 Å². The first-order valence-corrected chi connectivity index (χ1v) is 6.74. The average Bonchev–Trinajstić information content (AvgIpc) is 2.34. The van der Waals surface area contributed by atoms with Crippen molar-refractivity contribution < 1.29 is 4.39 Å². The molecular formula is C14H15Cl2F. The fourth-order valence-electron chi connectivity index (χ4n) is 2.51. The number of hydrogen-bond acceptors (Lipinski definition) is 0. The zero-order chi connectivity index (χ0) is 12.3. The Bertz CT molecular complexity index is 407. The largest absolute Gasteiger partial charge is 0.205 e. The Morgan fingerprint density at radius 2 is 1.88 bits per heavy atom. The first kappa shape index (κ1) is 12.9. The predicted molar refractivity (Wildman–Crippen MR) is 71.1 cm³/mol. The van der Waals surface area contributed by atoms with Crippen LogP contribution in [0.15, 0.2) is 29.8 Å². The van der Waals surface area contributed by atoms with Crippen molar-refractivity contribution in [1.82, 2.24) is 0 Å². The zero-order valence-electron chi connectivity index (χ0n) is 9.50. The lowest BCUT2D eigenvalue weighted by atomic mass is 9.79. The van der Waals surface area contributed by atoms with Gasteiger partial charge in [-0.2, -0.15) is 0 Å². The van der Waals surface area contributed by atoms with Gasteiger partial charge in [0.2, 0.25) is 0 Å². The molecule has 0 radical (unpaired) electrons. The lowest BCUT2D eigenvalue weighted by molar-refractivity contribution is 0.375. The molecule has 0 atom stereocenters. The van der Waals surface area contributed by atoms with Crippen molar-refractivity contribution in [3.8, 4) is 0 Å². The summed E-state index contributed by atoms with van der Waals surface area (Å²) in [5.41, 5.74) is 2.67. The van der Waals surface area contributed by atoms with Crippen LogP contribution >= 0.6 is 23.2 Å². The van der Waals surface area contributed by atoms with E-state index >= 15 is 0 Å². The molecule has 0 spiro atoms. The predicted octanol–water partition coefficient (Wildman–Crippen LogP) is 5.51. The minimum absolute atomic E-state index is 0.201. The van der Waals surface area contributed by atoms with Crippen LogP contribution in [0.2, 0.25) is 5.02 Å². The van der Waals surface area contributed by atoms with E-state index in [0.717, 1.165) is 31.2 Å². The van der Waals surface area contributed by atoms with Gasteiger partial charge in [0.05, 0.1) is 5.02 Å². The number of allylic oxidation sites excluding steroid dienone is 1. The van der Waals surface area contributed by atoms with Gasteiger partial charge in [0, 0.05) is 5.54 Å². The van der Waals surface area contributed by atoms with Crippen molar-refractivity contribution in [3.05, 3.63) is 46.2 Å². The van der Waals surface area contributed by atoms with Gasteiger partial charge >= 0.3 is 0 Å². The maximum absolute atomic E-state index is 13.4. The van der Waals surface area contributed by atoms with Gasteiger partial charge in [0.25, 0.3) is 0 Å². The smallest absolute Gasteiger partial charge is 0.142 e. The fraction of sp³-hybridized carbons (Fsp3) is 0.429. The summed E-state index contributed by atoms with van der Waals surface area (Å²) in [5, 5.41) is 0.201. The summed E-state index contributed by atoms with van der Waals surface area (Å²) in [4.78, 5) is 0. The first-order valence-electron chi connectivity index (χ1n) is 5.92. The lowest BCUT2D eigenvalue weighted by Crippen LogP contribution is -2.11. The maximum atomic E-state index is 13.4. The van der Waals surface area contributed by atoms with Gasteiger partial charge in [-0.3, -0.25) is 0 Å².